The molecule has 1 aliphatic heterocycles. The second-order valence-corrected chi connectivity index (χ2v) is 8.13. The molecule has 1 aromatic rings. The molecule has 1 heterocycles. The number of likely N-dealkylation sites (tertiary alicyclic amines) is 1. The van der Waals surface area contributed by atoms with E-state index in [2.05, 4.69) is 40.8 Å². The Morgan fingerprint density at radius 2 is 2.18 bits per heavy atom. The highest BCUT2D eigenvalue weighted by atomic mass is 127. The van der Waals surface area contributed by atoms with Gasteiger partial charge in [0.15, 0.2) is 0 Å². The molecule has 4 nitrogen and oxygen atoms in total. The quantitative estimate of drug-likeness (QED) is 0.751. The number of piperidine rings is 1. The first kappa shape index (κ1) is 17.5. The smallest absolute Gasteiger partial charge is 0.410 e. The third-order valence-electron chi connectivity index (χ3n) is 3.79. The number of halogens is 1. The molecule has 122 valence electrons. The van der Waals surface area contributed by atoms with E-state index in [-0.39, 0.29) is 18.2 Å². The molecule has 2 atom stereocenters. The van der Waals surface area contributed by atoms with E-state index in [0.29, 0.717) is 0 Å². The van der Waals surface area contributed by atoms with E-state index in [1.54, 1.807) is 0 Å². The van der Waals surface area contributed by atoms with Crippen LogP contribution in [0, 0.1) is 3.57 Å². The fourth-order valence-corrected chi connectivity index (χ4v) is 3.41. The summed E-state index contributed by atoms with van der Waals surface area (Å²) in [5, 5.41) is 0. The molecule has 0 bridgehead atoms. The number of hydrogen-bond acceptors (Lipinski definition) is 3. The average molecular weight is 416 g/mol. The molecule has 2 rings (SSSR count). The van der Waals surface area contributed by atoms with Gasteiger partial charge in [0.2, 0.25) is 0 Å². The van der Waals surface area contributed by atoms with Gasteiger partial charge in [-0.25, -0.2) is 4.79 Å². The summed E-state index contributed by atoms with van der Waals surface area (Å²) < 4.78 is 6.74. The standard InChI is InChI=1S/C17H25IN2O2/c1-17(2,3)22-16(21)20-9-5-8-14(19)15(20)11-12-6-4-7-13(18)10-12/h4,6-7,10,14-15H,5,8-9,11,19H2,1-3H3/t14-,15-/m0/s1. The van der Waals surface area contributed by atoms with Crippen LogP contribution < -0.4 is 5.73 Å². The lowest BCUT2D eigenvalue weighted by molar-refractivity contribution is 0.00695. The summed E-state index contributed by atoms with van der Waals surface area (Å²) in [6.45, 7) is 6.40. The first-order chi connectivity index (χ1) is 10.3. The summed E-state index contributed by atoms with van der Waals surface area (Å²) in [5.74, 6) is 0. The fourth-order valence-electron chi connectivity index (χ4n) is 2.80. The third kappa shape index (κ3) is 4.84. The van der Waals surface area contributed by atoms with Gasteiger partial charge in [-0.2, -0.15) is 0 Å². The van der Waals surface area contributed by atoms with E-state index in [9.17, 15) is 4.79 Å². The average Bonchev–Trinajstić information content (AvgIpc) is 2.39. The van der Waals surface area contributed by atoms with Crippen molar-refractivity contribution in [3.63, 3.8) is 0 Å². The number of ether oxygens (including phenoxy) is 1. The molecule has 2 N–H and O–H groups in total. The maximum Gasteiger partial charge on any atom is 0.410 e. The fraction of sp³-hybridized carbons (Fsp3) is 0.588. The van der Waals surface area contributed by atoms with Crippen LogP contribution in [-0.4, -0.2) is 35.2 Å². The monoisotopic (exact) mass is 416 g/mol. The van der Waals surface area contributed by atoms with Crippen molar-refractivity contribution >= 4 is 28.7 Å². The van der Waals surface area contributed by atoms with Crippen LogP contribution in [0.3, 0.4) is 0 Å². The number of carbonyl (C=O) groups excluding carboxylic acids is 1. The van der Waals surface area contributed by atoms with Gasteiger partial charge in [0.05, 0.1) is 6.04 Å². The summed E-state index contributed by atoms with van der Waals surface area (Å²) in [6.07, 6.45) is 2.41. The van der Waals surface area contributed by atoms with Crippen LogP contribution in [0.15, 0.2) is 24.3 Å². The summed E-state index contributed by atoms with van der Waals surface area (Å²) in [6, 6.07) is 8.35. The minimum atomic E-state index is -0.481. The van der Waals surface area contributed by atoms with Gasteiger partial charge in [0.1, 0.15) is 5.60 Å². The minimum Gasteiger partial charge on any atom is -0.444 e. The van der Waals surface area contributed by atoms with Crippen LogP contribution in [0.25, 0.3) is 0 Å². The van der Waals surface area contributed by atoms with Gasteiger partial charge in [-0.05, 0) is 80.3 Å². The van der Waals surface area contributed by atoms with Crippen LogP contribution in [-0.2, 0) is 11.2 Å². The van der Waals surface area contributed by atoms with Gasteiger partial charge in [0, 0.05) is 16.2 Å². The highest BCUT2D eigenvalue weighted by Crippen LogP contribution is 2.23. The molecule has 1 aromatic carbocycles. The maximum atomic E-state index is 12.5. The van der Waals surface area contributed by atoms with E-state index in [1.807, 2.05) is 31.7 Å². The second-order valence-electron chi connectivity index (χ2n) is 6.88. The molecule has 1 fully saturated rings. The molecule has 1 saturated heterocycles. The van der Waals surface area contributed by atoms with Crippen LogP contribution in [0.2, 0.25) is 0 Å². The van der Waals surface area contributed by atoms with Crippen molar-refractivity contribution < 1.29 is 9.53 Å². The minimum absolute atomic E-state index is 0.000800. The van der Waals surface area contributed by atoms with Crippen molar-refractivity contribution in [2.75, 3.05) is 6.54 Å². The van der Waals surface area contributed by atoms with Crippen molar-refractivity contribution in [3.8, 4) is 0 Å². The summed E-state index contributed by atoms with van der Waals surface area (Å²) in [7, 11) is 0. The predicted octanol–water partition coefficient (Wildman–Crippen LogP) is 3.56. The summed E-state index contributed by atoms with van der Waals surface area (Å²) in [4.78, 5) is 14.3. The molecule has 0 unspecified atom stereocenters. The number of amides is 1. The van der Waals surface area contributed by atoms with Gasteiger partial charge in [-0.15, -0.1) is 0 Å². The number of benzene rings is 1. The van der Waals surface area contributed by atoms with E-state index < -0.39 is 5.60 Å². The van der Waals surface area contributed by atoms with Crippen LogP contribution in [0.5, 0.6) is 0 Å². The Labute approximate surface area is 146 Å². The number of nitrogens with zero attached hydrogens (tertiary/aromatic N) is 1. The van der Waals surface area contributed by atoms with Gasteiger partial charge in [-0.1, -0.05) is 12.1 Å². The van der Waals surface area contributed by atoms with Gasteiger partial charge in [-0.3, -0.25) is 0 Å². The number of hydrogen-bond donors (Lipinski definition) is 1. The van der Waals surface area contributed by atoms with E-state index in [4.69, 9.17) is 10.5 Å². The topological polar surface area (TPSA) is 55.6 Å². The van der Waals surface area contributed by atoms with E-state index in [1.165, 1.54) is 9.13 Å². The lowest BCUT2D eigenvalue weighted by atomic mass is 9.92. The zero-order chi connectivity index (χ0) is 16.3. The summed E-state index contributed by atoms with van der Waals surface area (Å²) in [5.41, 5.74) is 7.04. The molecule has 0 aliphatic carbocycles. The normalized spacial score (nSPS) is 22.5. The molecule has 1 aliphatic rings. The van der Waals surface area contributed by atoms with Crippen molar-refractivity contribution in [1.82, 2.24) is 4.90 Å². The Morgan fingerprint density at radius 1 is 1.45 bits per heavy atom. The van der Waals surface area contributed by atoms with Crippen molar-refractivity contribution in [2.45, 2.75) is 57.7 Å². The Morgan fingerprint density at radius 3 is 2.82 bits per heavy atom. The molecular formula is C17H25IN2O2. The highest BCUT2D eigenvalue weighted by molar-refractivity contribution is 14.1. The molecular weight excluding hydrogens is 391 g/mol. The number of carbonyl (C=O) groups is 1. The Balaban J connectivity index is 2.14. The summed E-state index contributed by atoms with van der Waals surface area (Å²) >= 11 is 2.30. The molecule has 5 heteroatoms. The molecule has 1 amide bonds. The molecule has 0 saturated carbocycles. The van der Waals surface area contributed by atoms with Gasteiger partial charge >= 0.3 is 6.09 Å². The van der Waals surface area contributed by atoms with E-state index >= 15 is 0 Å². The van der Waals surface area contributed by atoms with Gasteiger partial charge in [0.25, 0.3) is 0 Å². The van der Waals surface area contributed by atoms with Crippen LogP contribution in [0.4, 0.5) is 4.79 Å². The highest BCUT2D eigenvalue weighted by Gasteiger charge is 2.34. The largest absolute Gasteiger partial charge is 0.444 e. The maximum absolute atomic E-state index is 12.5. The predicted molar refractivity (Wildman–Crippen MR) is 96.8 cm³/mol. The van der Waals surface area contributed by atoms with Crippen LogP contribution in [0.1, 0.15) is 39.2 Å². The second kappa shape index (κ2) is 7.17. The molecule has 22 heavy (non-hydrogen) atoms. The lowest BCUT2D eigenvalue weighted by Gasteiger charge is -2.40. The SMILES string of the molecule is CC(C)(C)OC(=O)N1CCC[C@H](N)[C@@H]1Cc1cccc(I)c1. The zero-order valence-corrected chi connectivity index (χ0v) is 15.7. The van der Waals surface area contributed by atoms with Gasteiger partial charge < -0.3 is 15.4 Å². The Kier molecular flexibility index (Phi) is 5.71. The third-order valence-corrected chi connectivity index (χ3v) is 4.46. The number of nitrogens with two attached hydrogens (primary N) is 1. The first-order valence-electron chi connectivity index (χ1n) is 7.76. The van der Waals surface area contributed by atoms with Crippen LogP contribution >= 0.6 is 22.6 Å². The zero-order valence-electron chi connectivity index (χ0n) is 13.5. The Bertz CT molecular complexity index is 528. The molecule has 0 spiro atoms. The van der Waals surface area contributed by atoms with Crippen molar-refractivity contribution in [1.29, 1.82) is 0 Å². The first-order valence-corrected chi connectivity index (χ1v) is 8.84. The number of rotatable bonds is 2. The van der Waals surface area contributed by atoms with Crippen molar-refractivity contribution in [3.05, 3.63) is 33.4 Å². The Hall–Kier alpha value is -0.820. The van der Waals surface area contributed by atoms with E-state index in [0.717, 1.165) is 25.8 Å². The molecule has 0 aromatic heterocycles. The lowest BCUT2D eigenvalue weighted by Crippen LogP contribution is -2.56. The van der Waals surface area contributed by atoms with Crippen molar-refractivity contribution in [2.24, 2.45) is 5.73 Å². The molecule has 0 radical (unpaired) electrons.